The first-order valence-electron chi connectivity index (χ1n) is 8.42. The highest BCUT2D eigenvalue weighted by molar-refractivity contribution is 6.42. The molecule has 2 aromatic carbocycles. The Bertz CT molecular complexity index is 988. The summed E-state index contributed by atoms with van der Waals surface area (Å²) in [6.45, 7) is 0. The van der Waals surface area contributed by atoms with Crippen LogP contribution >= 0.6 is 23.2 Å². The average Bonchev–Trinajstić information content (AvgIpc) is 3.17. The number of anilines is 1. The number of nitrogens with zero attached hydrogens (tertiary/aromatic N) is 1. The third-order valence-electron chi connectivity index (χ3n) is 4.00. The van der Waals surface area contributed by atoms with Crippen molar-refractivity contribution >= 4 is 34.8 Å². The molecule has 0 spiro atoms. The molecule has 8 heteroatoms. The lowest BCUT2D eigenvalue weighted by molar-refractivity contribution is -0.116. The van der Waals surface area contributed by atoms with Gasteiger partial charge in [-0.05, 0) is 30.3 Å². The zero-order chi connectivity index (χ0) is 20.1. The molecule has 0 aliphatic rings. The van der Waals surface area contributed by atoms with Crippen LogP contribution in [0.4, 0.5) is 5.69 Å². The number of halogens is 2. The van der Waals surface area contributed by atoms with Crippen LogP contribution in [-0.2, 0) is 11.2 Å². The van der Waals surface area contributed by atoms with Crippen molar-refractivity contribution in [1.82, 2.24) is 4.98 Å². The van der Waals surface area contributed by atoms with Gasteiger partial charge < -0.3 is 19.2 Å². The maximum atomic E-state index is 12.1. The third-order valence-corrected chi connectivity index (χ3v) is 4.74. The van der Waals surface area contributed by atoms with E-state index in [9.17, 15) is 4.79 Å². The number of aromatic nitrogens is 1. The van der Waals surface area contributed by atoms with Gasteiger partial charge in [-0.2, -0.15) is 0 Å². The number of amides is 1. The van der Waals surface area contributed by atoms with E-state index < -0.39 is 0 Å². The molecule has 3 rings (SSSR count). The molecule has 0 aliphatic heterocycles. The highest BCUT2D eigenvalue weighted by atomic mass is 35.5. The van der Waals surface area contributed by atoms with Gasteiger partial charge in [0.15, 0.2) is 11.7 Å². The number of benzene rings is 2. The SMILES string of the molecule is COc1ccc(-c2cnc(CCC(=O)Nc3ccc(Cl)c(Cl)c3)o2)c(OC)c1. The number of rotatable bonds is 7. The van der Waals surface area contributed by atoms with E-state index >= 15 is 0 Å². The predicted molar refractivity (Wildman–Crippen MR) is 108 cm³/mol. The molecule has 6 nitrogen and oxygen atoms in total. The van der Waals surface area contributed by atoms with Crippen LogP contribution in [-0.4, -0.2) is 25.1 Å². The van der Waals surface area contributed by atoms with Crippen molar-refractivity contribution in [3.05, 3.63) is 58.5 Å². The Labute approximate surface area is 172 Å². The topological polar surface area (TPSA) is 73.6 Å². The van der Waals surface area contributed by atoms with Crippen LogP contribution in [0.25, 0.3) is 11.3 Å². The summed E-state index contributed by atoms with van der Waals surface area (Å²) in [5.74, 6) is 2.12. The van der Waals surface area contributed by atoms with Gasteiger partial charge in [-0.25, -0.2) is 4.98 Å². The Hall–Kier alpha value is -2.70. The van der Waals surface area contributed by atoms with Crippen LogP contribution in [0.3, 0.4) is 0 Å². The molecular formula is C20H18Cl2N2O4. The molecule has 146 valence electrons. The number of nitrogens with one attached hydrogen (secondary N) is 1. The second-order valence-electron chi connectivity index (χ2n) is 5.86. The predicted octanol–water partition coefficient (Wildman–Crippen LogP) is 5.24. The van der Waals surface area contributed by atoms with Gasteiger partial charge in [0.2, 0.25) is 5.91 Å². The number of carbonyl (C=O) groups excluding carboxylic acids is 1. The zero-order valence-electron chi connectivity index (χ0n) is 15.3. The van der Waals surface area contributed by atoms with Gasteiger partial charge in [-0.3, -0.25) is 4.79 Å². The Morgan fingerprint density at radius 2 is 1.93 bits per heavy atom. The maximum Gasteiger partial charge on any atom is 0.224 e. The maximum absolute atomic E-state index is 12.1. The fourth-order valence-electron chi connectivity index (χ4n) is 2.57. The largest absolute Gasteiger partial charge is 0.497 e. The quantitative estimate of drug-likeness (QED) is 0.565. The van der Waals surface area contributed by atoms with Gasteiger partial charge in [0, 0.05) is 24.6 Å². The molecule has 1 amide bonds. The van der Waals surface area contributed by atoms with E-state index in [-0.39, 0.29) is 12.3 Å². The highest BCUT2D eigenvalue weighted by Crippen LogP contribution is 2.33. The fourth-order valence-corrected chi connectivity index (χ4v) is 2.87. The molecule has 0 aliphatic carbocycles. The van der Waals surface area contributed by atoms with Crippen LogP contribution in [0.5, 0.6) is 11.5 Å². The number of hydrogen-bond donors (Lipinski definition) is 1. The van der Waals surface area contributed by atoms with Crippen molar-refractivity contribution < 1.29 is 18.7 Å². The van der Waals surface area contributed by atoms with Crippen LogP contribution in [0.2, 0.25) is 10.0 Å². The van der Waals surface area contributed by atoms with E-state index in [0.717, 1.165) is 5.56 Å². The normalized spacial score (nSPS) is 10.6. The van der Waals surface area contributed by atoms with E-state index in [0.29, 0.717) is 45.3 Å². The molecule has 1 N–H and O–H groups in total. The molecule has 0 unspecified atom stereocenters. The number of hydrogen-bond acceptors (Lipinski definition) is 5. The van der Waals surface area contributed by atoms with Gasteiger partial charge in [0.25, 0.3) is 0 Å². The van der Waals surface area contributed by atoms with E-state index in [1.54, 1.807) is 44.7 Å². The van der Waals surface area contributed by atoms with E-state index in [4.69, 9.17) is 37.1 Å². The molecule has 0 bridgehead atoms. The summed E-state index contributed by atoms with van der Waals surface area (Å²) in [6.07, 6.45) is 2.17. The molecule has 0 fully saturated rings. The average molecular weight is 421 g/mol. The van der Waals surface area contributed by atoms with Gasteiger partial charge >= 0.3 is 0 Å². The number of ether oxygens (including phenoxy) is 2. The van der Waals surface area contributed by atoms with Crippen LogP contribution in [0, 0.1) is 0 Å². The molecule has 3 aromatic rings. The summed E-state index contributed by atoms with van der Waals surface area (Å²) in [5, 5.41) is 3.58. The first kappa shape index (κ1) is 20.0. The molecule has 28 heavy (non-hydrogen) atoms. The molecular weight excluding hydrogens is 403 g/mol. The third kappa shape index (κ3) is 4.77. The van der Waals surface area contributed by atoms with Gasteiger partial charge in [-0.15, -0.1) is 0 Å². The molecule has 0 radical (unpaired) electrons. The second-order valence-corrected chi connectivity index (χ2v) is 6.68. The number of methoxy groups -OCH3 is 2. The monoisotopic (exact) mass is 420 g/mol. The first-order valence-corrected chi connectivity index (χ1v) is 9.17. The van der Waals surface area contributed by atoms with Gasteiger partial charge in [0.1, 0.15) is 11.5 Å². The van der Waals surface area contributed by atoms with Crippen LogP contribution in [0.15, 0.2) is 47.0 Å². The Kier molecular flexibility index (Phi) is 6.44. The van der Waals surface area contributed by atoms with Crippen molar-refractivity contribution in [2.24, 2.45) is 0 Å². The van der Waals surface area contributed by atoms with Crippen molar-refractivity contribution in [3.63, 3.8) is 0 Å². The van der Waals surface area contributed by atoms with Crippen molar-refractivity contribution in [2.45, 2.75) is 12.8 Å². The van der Waals surface area contributed by atoms with Crippen molar-refractivity contribution in [2.75, 3.05) is 19.5 Å². The summed E-state index contributed by atoms with van der Waals surface area (Å²) in [4.78, 5) is 16.4. The zero-order valence-corrected chi connectivity index (χ0v) is 16.8. The minimum absolute atomic E-state index is 0.180. The summed E-state index contributed by atoms with van der Waals surface area (Å²) in [6, 6.07) is 10.3. The Morgan fingerprint density at radius 3 is 2.64 bits per heavy atom. The minimum atomic E-state index is -0.180. The summed E-state index contributed by atoms with van der Waals surface area (Å²) in [5.41, 5.74) is 1.33. The van der Waals surface area contributed by atoms with Crippen molar-refractivity contribution in [3.8, 4) is 22.8 Å². The summed E-state index contributed by atoms with van der Waals surface area (Å²) >= 11 is 11.8. The Morgan fingerprint density at radius 1 is 1.11 bits per heavy atom. The molecule has 0 saturated heterocycles. The van der Waals surface area contributed by atoms with Crippen LogP contribution in [0.1, 0.15) is 12.3 Å². The van der Waals surface area contributed by atoms with Crippen LogP contribution < -0.4 is 14.8 Å². The number of carbonyl (C=O) groups is 1. The van der Waals surface area contributed by atoms with E-state index in [2.05, 4.69) is 10.3 Å². The summed E-state index contributed by atoms with van der Waals surface area (Å²) in [7, 11) is 3.16. The molecule has 1 aromatic heterocycles. The molecule has 0 atom stereocenters. The number of aryl methyl sites for hydroxylation is 1. The minimum Gasteiger partial charge on any atom is -0.497 e. The fraction of sp³-hybridized carbons (Fsp3) is 0.200. The summed E-state index contributed by atoms with van der Waals surface area (Å²) < 4.78 is 16.3. The highest BCUT2D eigenvalue weighted by Gasteiger charge is 2.14. The van der Waals surface area contributed by atoms with E-state index in [1.807, 2.05) is 12.1 Å². The smallest absolute Gasteiger partial charge is 0.224 e. The van der Waals surface area contributed by atoms with E-state index in [1.165, 1.54) is 0 Å². The Balaban J connectivity index is 1.63. The second kappa shape index (κ2) is 8.99. The lowest BCUT2D eigenvalue weighted by Crippen LogP contribution is -2.12. The lowest BCUT2D eigenvalue weighted by atomic mass is 10.1. The molecule has 1 heterocycles. The van der Waals surface area contributed by atoms with Gasteiger partial charge in [-0.1, -0.05) is 23.2 Å². The number of oxazole rings is 1. The lowest BCUT2D eigenvalue weighted by Gasteiger charge is -2.08. The molecule has 0 saturated carbocycles. The first-order chi connectivity index (χ1) is 13.5. The standard InChI is InChI=1S/C20H18Cl2N2O4/c1-26-13-4-5-14(17(10-13)27-2)18-11-23-20(28-18)8-7-19(25)24-12-3-6-15(21)16(22)9-12/h3-6,9-11H,7-8H2,1-2H3,(H,24,25). The van der Waals surface area contributed by atoms with Crippen molar-refractivity contribution in [1.29, 1.82) is 0 Å². The van der Waals surface area contributed by atoms with Gasteiger partial charge in [0.05, 0.1) is 36.0 Å².